The Kier molecular flexibility index (Phi) is 13.5. The molecule has 45 heavy (non-hydrogen) atoms. The van der Waals surface area contributed by atoms with Crippen LogP contribution in [0.5, 0.6) is 11.5 Å². The third-order valence-corrected chi connectivity index (χ3v) is 11.4. The molecule has 2 atom stereocenters. The number of hydrogen-bond donors (Lipinski definition) is 1. The summed E-state index contributed by atoms with van der Waals surface area (Å²) < 4.78 is 41.7. The van der Waals surface area contributed by atoms with Gasteiger partial charge in [0.1, 0.15) is 18.1 Å². The van der Waals surface area contributed by atoms with Crippen molar-refractivity contribution in [2.45, 2.75) is 92.0 Å². The van der Waals surface area contributed by atoms with E-state index in [1.807, 2.05) is 19.9 Å². The molecule has 1 N–H and O–H groups in total. The van der Waals surface area contributed by atoms with E-state index < -0.39 is 27.9 Å². The quantitative estimate of drug-likeness (QED) is 0.0432. The van der Waals surface area contributed by atoms with Crippen LogP contribution in [0.1, 0.15) is 66.2 Å². The van der Waals surface area contributed by atoms with Crippen LogP contribution in [0.4, 0.5) is 0 Å². The number of ether oxygens (including phenoxy) is 3. The summed E-state index contributed by atoms with van der Waals surface area (Å²) in [5, 5.41) is 3.33. The van der Waals surface area contributed by atoms with Gasteiger partial charge in [-0.3, -0.25) is 9.32 Å². The molecule has 2 aromatic rings. The Labute approximate surface area is 269 Å². The van der Waals surface area contributed by atoms with Gasteiger partial charge in [-0.2, -0.15) is 0 Å². The molecule has 0 saturated heterocycles. The number of benzene rings is 2. The second-order valence-corrected chi connectivity index (χ2v) is 20.3. The Bertz CT molecular complexity index is 1400. The maximum Gasteiger partial charge on any atom is 0.383 e. The van der Waals surface area contributed by atoms with Gasteiger partial charge >= 0.3 is 19.5 Å². The molecule has 248 valence electrons. The molecule has 9 nitrogen and oxygen atoms in total. The van der Waals surface area contributed by atoms with Crippen LogP contribution in [-0.4, -0.2) is 52.7 Å². The van der Waals surface area contributed by atoms with E-state index in [0.717, 1.165) is 52.0 Å². The van der Waals surface area contributed by atoms with E-state index in [1.54, 1.807) is 38.3 Å². The number of nitrogens with one attached hydrogen (secondary N) is 1. The summed E-state index contributed by atoms with van der Waals surface area (Å²) in [6, 6.07) is 9.98. The van der Waals surface area contributed by atoms with Crippen LogP contribution >= 0.6 is 7.60 Å². The number of esters is 2. The highest BCUT2D eigenvalue weighted by Crippen LogP contribution is 2.49. The Hall–Kier alpha value is -2.91. The number of methoxy groups -OCH3 is 1. The fourth-order valence-corrected chi connectivity index (χ4v) is 8.20. The van der Waals surface area contributed by atoms with E-state index in [0.29, 0.717) is 25.3 Å². The lowest BCUT2D eigenvalue weighted by Crippen LogP contribution is -2.24. The average Bonchev–Trinajstić information content (AvgIpc) is 3.36. The van der Waals surface area contributed by atoms with Gasteiger partial charge in [0.25, 0.3) is 0 Å². The zero-order valence-corrected chi connectivity index (χ0v) is 30.0. The second-order valence-electron chi connectivity index (χ2n) is 12.6. The Balaban J connectivity index is 1.71. The van der Waals surface area contributed by atoms with Crippen molar-refractivity contribution in [1.82, 2.24) is 5.32 Å². The Morgan fingerprint density at radius 2 is 1.89 bits per heavy atom. The van der Waals surface area contributed by atoms with Crippen LogP contribution in [0, 0.1) is 6.92 Å². The molecule has 0 bridgehead atoms. The molecule has 1 aliphatic rings. The lowest BCUT2D eigenvalue weighted by Gasteiger charge is -2.23. The van der Waals surface area contributed by atoms with Crippen molar-refractivity contribution in [3.63, 3.8) is 0 Å². The van der Waals surface area contributed by atoms with Gasteiger partial charge in [0.2, 0.25) is 6.29 Å². The predicted octanol–water partition coefficient (Wildman–Crippen LogP) is 7.61. The first-order chi connectivity index (χ1) is 21.3. The highest BCUT2D eigenvalue weighted by Gasteiger charge is 2.32. The van der Waals surface area contributed by atoms with Crippen molar-refractivity contribution < 1.29 is 37.4 Å². The highest BCUT2D eigenvalue weighted by atomic mass is 31.2. The molecule has 0 amide bonds. The summed E-state index contributed by atoms with van der Waals surface area (Å²) in [5.74, 6) is 0.541. The van der Waals surface area contributed by atoms with Crippen molar-refractivity contribution in [2.75, 3.05) is 26.4 Å². The van der Waals surface area contributed by atoms with Gasteiger partial charge in [-0.05, 0) is 56.9 Å². The highest BCUT2D eigenvalue weighted by molar-refractivity contribution is 7.54. The lowest BCUT2D eigenvalue weighted by atomic mass is 9.88. The van der Waals surface area contributed by atoms with E-state index in [2.05, 4.69) is 31.0 Å². The van der Waals surface area contributed by atoms with Gasteiger partial charge < -0.3 is 24.1 Å². The molecule has 3 rings (SSSR count). The van der Waals surface area contributed by atoms with Gasteiger partial charge in [0.05, 0.1) is 18.8 Å². The minimum absolute atomic E-state index is 0.0738. The Morgan fingerprint density at radius 1 is 1.18 bits per heavy atom. The Morgan fingerprint density at radius 3 is 2.53 bits per heavy atom. The third kappa shape index (κ3) is 10.8. The molecule has 0 radical (unpaired) electrons. The second kappa shape index (κ2) is 16.6. The van der Waals surface area contributed by atoms with E-state index in [-0.39, 0.29) is 25.2 Å². The summed E-state index contributed by atoms with van der Waals surface area (Å²) >= 11 is 0. The molecule has 1 heterocycles. The molecule has 0 fully saturated rings. The van der Waals surface area contributed by atoms with Crippen LogP contribution in [0.2, 0.25) is 25.7 Å². The average molecular weight is 660 g/mol. The maximum atomic E-state index is 13.7. The number of hydrogen-bond acceptors (Lipinski definition) is 9. The van der Waals surface area contributed by atoms with Crippen molar-refractivity contribution in [3.05, 3.63) is 69.8 Å². The summed E-state index contributed by atoms with van der Waals surface area (Å²) in [6.45, 7) is 15.5. The zero-order chi connectivity index (χ0) is 33.2. The predicted molar refractivity (Wildman–Crippen MR) is 180 cm³/mol. The summed E-state index contributed by atoms with van der Waals surface area (Å²) in [4.78, 5) is 24.6. The monoisotopic (exact) mass is 659 g/mol. The van der Waals surface area contributed by atoms with E-state index in [4.69, 9.17) is 23.3 Å². The van der Waals surface area contributed by atoms with Crippen LogP contribution in [-0.2, 0) is 42.8 Å². The maximum absolute atomic E-state index is 13.7. The number of allylic oxidation sites excluding steroid dienone is 1. The minimum atomic E-state index is -3.66. The first kappa shape index (κ1) is 36.6. The fraction of sp³-hybridized carbons (Fsp3) is 0.529. The van der Waals surface area contributed by atoms with E-state index >= 15 is 0 Å². The number of para-hydroxylation sites is 1. The number of carbonyl (C=O) groups excluding carboxylic acids is 2. The van der Waals surface area contributed by atoms with Gasteiger partial charge in [0, 0.05) is 38.7 Å². The molecule has 1 unspecified atom stereocenters. The van der Waals surface area contributed by atoms with Crippen LogP contribution < -0.4 is 14.6 Å². The van der Waals surface area contributed by atoms with E-state index in [9.17, 15) is 14.2 Å². The minimum Gasteiger partial charge on any atom is -0.496 e. The van der Waals surface area contributed by atoms with Crippen molar-refractivity contribution in [3.8, 4) is 11.5 Å². The van der Waals surface area contributed by atoms with Gasteiger partial charge in [0.15, 0.2) is 0 Å². The largest absolute Gasteiger partial charge is 0.496 e. The fourth-order valence-electron chi connectivity index (χ4n) is 5.35. The van der Waals surface area contributed by atoms with Crippen LogP contribution in [0.15, 0.2) is 42.0 Å². The summed E-state index contributed by atoms with van der Waals surface area (Å²) in [7, 11) is -3.22. The molecule has 2 aromatic carbocycles. The van der Waals surface area contributed by atoms with Crippen molar-refractivity contribution in [2.24, 2.45) is 0 Å². The molecule has 0 aromatic heterocycles. The van der Waals surface area contributed by atoms with Gasteiger partial charge in [-0.25, -0.2) is 9.36 Å². The van der Waals surface area contributed by atoms with Crippen molar-refractivity contribution >= 4 is 27.6 Å². The normalized spacial score (nSPS) is 15.2. The summed E-state index contributed by atoms with van der Waals surface area (Å²) in [5.41, 5.74) is 5.77. The number of cyclic esters (lactones) is 1. The van der Waals surface area contributed by atoms with Gasteiger partial charge in [-0.15, -0.1) is 0 Å². The molecule has 0 aliphatic carbocycles. The number of carbonyl (C=O) groups is 2. The smallest absolute Gasteiger partial charge is 0.383 e. The molecular formula is C34H50NO8PSi. The molecule has 0 spiro atoms. The molecule has 0 saturated carbocycles. The number of fused-ring (bicyclic) bond motifs is 1. The summed E-state index contributed by atoms with van der Waals surface area (Å²) in [6.07, 6.45) is 3.82. The molecule has 1 aliphatic heterocycles. The molecule has 11 heteroatoms. The molecular weight excluding hydrogens is 609 g/mol. The topological polar surface area (TPSA) is 109 Å². The van der Waals surface area contributed by atoms with Crippen LogP contribution in [0.25, 0.3) is 0 Å². The first-order valence-electron chi connectivity index (χ1n) is 15.7. The SMILES string of the molecule is CCC(=O)O[C@H](C)OP(=O)(CCNC/C(C)=C/Cc1c(CCC[Si](C)(C)C)c2c(c(C)c1OC)COC2=O)Oc1ccccc1. The van der Waals surface area contributed by atoms with Crippen molar-refractivity contribution in [1.29, 1.82) is 0 Å². The zero-order valence-electron chi connectivity index (χ0n) is 28.1. The standard InChI is InChI=1S/C34H50NO8PSi/c1-9-31(36)41-26(4)42-44(38,43-27-14-11-10-12-15-27)20-19-35-22-24(2)17-18-29-28(16-13-21-45(6,7)8)32-30(23-40-34(32)37)25(3)33(29)39-5/h10-12,14-15,17,26,35H,9,13,16,18-23H2,1-8H3/b24-17+/t26-,44?/m0/s1. The van der Waals surface area contributed by atoms with Gasteiger partial charge in [-0.1, -0.05) is 68.9 Å². The van der Waals surface area contributed by atoms with E-state index in [1.165, 1.54) is 13.0 Å². The third-order valence-electron chi connectivity index (χ3n) is 7.65. The van der Waals surface area contributed by atoms with Crippen LogP contribution in [0.3, 0.4) is 0 Å². The number of rotatable bonds is 18. The lowest BCUT2D eigenvalue weighted by molar-refractivity contribution is -0.161. The first-order valence-corrected chi connectivity index (χ1v) is 21.2.